The van der Waals surface area contributed by atoms with Crippen molar-refractivity contribution in [3.05, 3.63) is 35.9 Å². The van der Waals surface area contributed by atoms with Crippen molar-refractivity contribution in [2.24, 2.45) is 5.41 Å². The molecule has 1 aromatic carbocycles. The Kier molecular flexibility index (Phi) is 4.34. The molecule has 1 heteroatoms. The zero-order valence-corrected chi connectivity index (χ0v) is 10.0. The summed E-state index contributed by atoms with van der Waals surface area (Å²) in [6.07, 6.45) is 2.77. The summed E-state index contributed by atoms with van der Waals surface area (Å²) in [5.41, 5.74) is 1.29. The van der Waals surface area contributed by atoms with Crippen LogP contribution in [-0.4, -0.2) is 5.11 Å². The maximum Gasteiger partial charge on any atom is 0.0795 e. The van der Waals surface area contributed by atoms with Gasteiger partial charge in [0.25, 0.3) is 0 Å². The molecule has 0 amide bonds. The van der Waals surface area contributed by atoms with E-state index >= 15 is 0 Å². The predicted molar refractivity (Wildman–Crippen MR) is 64.7 cm³/mol. The molecule has 0 heterocycles. The number of hydrogen-bond acceptors (Lipinski definition) is 1. The average Bonchev–Trinajstić information content (AvgIpc) is 2.30. The van der Waals surface area contributed by atoms with Crippen LogP contribution in [0, 0.1) is 5.41 Å². The molecule has 0 fully saturated rings. The lowest BCUT2D eigenvalue weighted by atomic mass is 9.78. The normalized spacial score (nSPS) is 13.9. The fourth-order valence-corrected chi connectivity index (χ4v) is 1.80. The van der Waals surface area contributed by atoms with E-state index in [2.05, 4.69) is 20.8 Å². The molecule has 0 saturated heterocycles. The molecular formula is C14H22O. The first-order valence-electron chi connectivity index (χ1n) is 5.84. The molecule has 0 aliphatic carbocycles. The summed E-state index contributed by atoms with van der Waals surface area (Å²) in [5.74, 6) is 0. The van der Waals surface area contributed by atoms with E-state index in [1.807, 2.05) is 30.3 Å². The third-order valence-corrected chi connectivity index (χ3v) is 3.58. The molecule has 1 aromatic rings. The van der Waals surface area contributed by atoms with Crippen LogP contribution in [0.3, 0.4) is 0 Å². The number of rotatable bonds is 5. The highest BCUT2D eigenvalue weighted by atomic mass is 16.3. The van der Waals surface area contributed by atoms with Crippen molar-refractivity contribution in [3.8, 4) is 0 Å². The Hall–Kier alpha value is -0.820. The van der Waals surface area contributed by atoms with E-state index in [1.165, 1.54) is 0 Å². The highest BCUT2D eigenvalue weighted by Gasteiger charge is 2.24. The largest absolute Gasteiger partial charge is 0.388 e. The van der Waals surface area contributed by atoms with Crippen LogP contribution in [0.15, 0.2) is 30.3 Å². The van der Waals surface area contributed by atoms with E-state index in [4.69, 9.17) is 0 Å². The van der Waals surface area contributed by atoms with Crippen LogP contribution in [0.25, 0.3) is 0 Å². The lowest BCUT2D eigenvalue weighted by Crippen LogP contribution is -2.18. The van der Waals surface area contributed by atoms with Crippen LogP contribution < -0.4 is 0 Å². The molecule has 0 aliphatic rings. The number of aliphatic hydroxyl groups excluding tert-OH is 1. The van der Waals surface area contributed by atoms with E-state index in [1.54, 1.807) is 0 Å². The summed E-state index contributed by atoms with van der Waals surface area (Å²) in [5, 5.41) is 10.1. The lowest BCUT2D eigenvalue weighted by molar-refractivity contribution is 0.100. The Morgan fingerprint density at radius 2 is 1.67 bits per heavy atom. The van der Waals surface area contributed by atoms with Gasteiger partial charge in [0, 0.05) is 0 Å². The molecule has 1 atom stereocenters. The van der Waals surface area contributed by atoms with E-state index in [9.17, 15) is 5.11 Å². The van der Waals surface area contributed by atoms with Crippen LogP contribution >= 0.6 is 0 Å². The smallest absolute Gasteiger partial charge is 0.0795 e. The van der Waals surface area contributed by atoms with Crippen molar-refractivity contribution in [1.82, 2.24) is 0 Å². The van der Waals surface area contributed by atoms with Crippen molar-refractivity contribution in [3.63, 3.8) is 0 Å². The first-order valence-corrected chi connectivity index (χ1v) is 5.84. The van der Waals surface area contributed by atoms with Crippen LogP contribution in [0.1, 0.15) is 51.7 Å². The lowest BCUT2D eigenvalue weighted by Gasteiger charge is -2.29. The van der Waals surface area contributed by atoms with Gasteiger partial charge in [-0.05, 0) is 17.4 Å². The Morgan fingerprint density at radius 1 is 1.13 bits per heavy atom. The summed E-state index contributed by atoms with van der Waals surface area (Å²) >= 11 is 0. The van der Waals surface area contributed by atoms with E-state index in [-0.39, 0.29) is 11.5 Å². The molecule has 1 N–H and O–H groups in total. The van der Waals surface area contributed by atoms with Gasteiger partial charge >= 0.3 is 0 Å². The van der Waals surface area contributed by atoms with Crippen molar-refractivity contribution in [1.29, 1.82) is 0 Å². The number of aliphatic hydroxyl groups is 1. The average molecular weight is 206 g/mol. The molecule has 1 rings (SSSR count). The minimum Gasteiger partial charge on any atom is -0.388 e. The minimum atomic E-state index is -0.323. The summed E-state index contributed by atoms with van der Waals surface area (Å²) < 4.78 is 0. The maximum atomic E-state index is 10.1. The summed E-state index contributed by atoms with van der Waals surface area (Å²) in [6, 6.07) is 9.93. The van der Waals surface area contributed by atoms with Gasteiger partial charge in [-0.15, -0.1) is 0 Å². The van der Waals surface area contributed by atoms with Gasteiger partial charge in [-0.1, -0.05) is 63.9 Å². The Bertz CT molecular complexity index is 275. The summed E-state index contributed by atoms with van der Waals surface area (Å²) in [6.45, 7) is 6.64. The predicted octanol–water partition coefficient (Wildman–Crippen LogP) is 3.94. The van der Waals surface area contributed by atoms with Crippen molar-refractivity contribution in [2.75, 3.05) is 0 Å². The molecule has 0 radical (unpaired) electrons. The first kappa shape index (κ1) is 12.3. The fraction of sp³-hybridized carbons (Fsp3) is 0.571. The minimum absolute atomic E-state index is 0.259. The van der Waals surface area contributed by atoms with Crippen LogP contribution in [-0.2, 0) is 0 Å². The van der Waals surface area contributed by atoms with Crippen LogP contribution in [0.2, 0.25) is 0 Å². The van der Waals surface area contributed by atoms with E-state index in [0.717, 1.165) is 24.8 Å². The Balaban J connectivity index is 2.67. The Morgan fingerprint density at radius 3 is 2.13 bits per heavy atom. The van der Waals surface area contributed by atoms with Gasteiger partial charge in [0.05, 0.1) is 6.10 Å². The molecule has 1 nitrogen and oxygen atoms in total. The zero-order valence-electron chi connectivity index (χ0n) is 10.0. The second-order valence-electron chi connectivity index (χ2n) is 4.65. The van der Waals surface area contributed by atoms with Crippen LogP contribution in [0.4, 0.5) is 0 Å². The third kappa shape index (κ3) is 3.35. The molecule has 0 unspecified atom stereocenters. The monoisotopic (exact) mass is 206 g/mol. The molecule has 84 valence electrons. The van der Waals surface area contributed by atoms with Crippen molar-refractivity contribution < 1.29 is 5.11 Å². The van der Waals surface area contributed by atoms with E-state index < -0.39 is 0 Å². The SMILES string of the molecule is CCC(C)(CC)C[C@@H](O)c1ccccc1. The molecule has 0 aliphatic heterocycles. The first-order chi connectivity index (χ1) is 7.11. The highest BCUT2D eigenvalue weighted by Crippen LogP contribution is 2.35. The quantitative estimate of drug-likeness (QED) is 0.773. The van der Waals surface area contributed by atoms with Gasteiger partial charge in [0.15, 0.2) is 0 Å². The standard InChI is InChI=1S/C14H22O/c1-4-14(3,5-2)11-13(15)12-9-7-6-8-10-12/h6-10,13,15H,4-5,11H2,1-3H3/t13-/m1/s1. The van der Waals surface area contributed by atoms with Crippen molar-refractivity contribution in [2.45, 2.75) is 46.1 Å². The summed E-state index contributed by atoms with van der Waals surface area (Å²) in [7, 11) is 0. The van der Waals surface area contributed by atoms with Gasteiger partial charge < -0.3 is 5.11 Å². The highest BCUT2D eigenvalue weighted by molar-refractivity contribution is 5.17. The molecule has 0 spiro atoms. The molecule has 0 saturated carbocycles. The van der Waals surface area contributed by atoms with Crippen molar-refractivity contribution >= 4 is 0 Å². The van der Waals surface area contributed by atoms with Gasteiger partial charge in [-0.25, -0.2) is 0 Å². The van der Waals surface area contributed by atoms with E-state index in [0.29, 0.717) is 0 Å². The maximum absolute atomic E-state index is 10.1. The van der Waals surface area contributed by atoms with Crippen LogP contribution in [0.5, 0.6) is 0 Å². The second kappa shape index (κ2) is 5.32. The second-order valence-corrected chi connectivity index (χ2v) is 4.65. The zero-order chi connectivity index (χ0) is 11.3. The fourth-order valence-electron chi connectivity index (χ4n) is 1.80. The molecular weight excluding hydrogens is 184 g/mol. The third-order valence-electron chi connectivity index (χ3n) is 3.58. The summed E-state index contributed by atoms with van der Waals surface area (Å²) in [4.78, 5) is 0. The van der Waals surface area contributed by atoms with Gasteiger partial charge in [-0.2, -0.15) is 0 Å². The number of hydrogen-bond donors (Lipinski definition) is 1. The topological polar surface area (TPSA) is 20.2 Å². The van der Waals surface area contributed by atoms with Gasteiger partial charge in [-0.3, -0.25) is 0 Å². The molecule has 15 heavy (non-hydrogen) atoms. The molecule has 0 bridgehead atoms. The number of benzene rings is 1. The Labute approximate surface area is 93.1 Å². The van der Waals surface area contributed by atoms with Gasteiger partial charge in [0.1, 0.15) is 0 Å². The molecule has 0 aromatic heterocycles. The van der Waals surface area contributed by atoms with Gasteiger partial charge in [0.2, 0.25) is 0 Å².